The number of hydrogen-bond donors (Lipinski definition) is 2. The lowest BCUT2D eigenvalue weighted by molar-refractivity contribution is -0.0498. The number of anilines is 1. The standard InChI is InChI=1S/C26H31F4N3O3/c27-19-5-3-17(4-6-19)14-18-11-12-33(15-22(18)28)16-24-23(2-1-13-35-24)32-26(34)31-20-7-9-21(10-8-20)36-25(29)30/h3-10,18,22-25H,1-2,11-16H2,(H2,31,32,34)/t18?,22?,23?,24-/m1/s1. The normalized spacial score (nSPS) is 24.9. The van der Waals surface area contributed by atoms with Crippen molar-refractivity contribution < 1.29 is 31.8 Å². The van der Waals surface area contributed by atoms with E-state index in [0.717, 1.165) is 24.9 Å². The maximum absolute atomic E-state index is 15.0. The van der Waals surface area contributed by atoms with Gasteiger partial charge >= 0.3 is 12.6 Å². The summed E-state index contributed by atoms with van der Waals surface area (Å²) in [7, 11) is 0. The molecule has 2 aromatic rings. The van der Waals surface area contributed by atoms with Crippen LogP contribution in [0, 0.1) is 11.7 Å². The van der Waals surface area contributed by atoms with Crippen LogP contribution in [0.25, 0.3) is 0 Å². The van der Waals surface area contributed by atoms with E-state index >= 15 is 0 Å². The number of nitrogens with zero attached hydrogens (tertiary/aromatic N) is 1. The molecule has 4 atom stereocenters. The summed E-state index contributed by atoms with van der Waals surface area (Å²) in [6.45, 7) is -0.816. The van der Waals surface area contributed by atoms with Crippen LogP contribution >= 0.6 is 0 Å². The summed E-state index contributed by atoms with van der Waals surface area (Å²) in [5, 5.41) is 5.62. The number of carbonyl (C=O) groups excluding carboxylic acids is 1. The van der Waals surface area contributed by atoms with Gasteiger partial charge in [-0.3, -0.25) is 4.90 Å². The molecule has 2 saturated heterocycles. The molecule has 2 aromatic carbocycles. The van der Waals surface area contributed by atoms with Crippen LogP contribution in [0.3, 0.4) is 0 Å². The van der Waals surface area contributed by atoms with Crippen molar-refractivity contribution in [1.82, 2.24) is 10.2 Å². The largest absolute Gasteiger partial charge is 0.435 e. The zero-order valence-electron chi connectivity index (χ0n) is 19.8. The van der Waals surface area contributed by atoms with Gasteiger partial charge in [0.1, 0.15) is 17.7 Å². The molecule has 2 heterocycles. The Morgan fingerprint density at radius 1 is 1.11 bits per heavy atom. The number of carbonyl (C=O) groups is 1. The van der Waals surface area contributed by atoms with Crippen molar-refractivity contribution in [3.63, 3.8) is 0 Å². The Kier molecular flexibility index (Phi) is 9.03. The number of amides is 2. The highest BCUT2D eigenvalue weighted by Crippen LogP contribution is 2.26. The first-order valence-electron chi connectivity index (χ1n) is 12.2. The molecule has 6 nitrogen and oxygen atoms in total. The topological polar surface area (TPSA) is 62.8 Å². The van der Waals surface area contributed by atoms with Crippen LogP contribution in [0.2, 0.25) is 0 Å². The Bertz CT molecular complexity index is 977. The van der Waals surface area contributed by atoms with E-state index in [-0.39, 0.29) is 36.2 Å². The average Bonchev–Trinajstić information content (AvgIpc) is 2.84. The zero-order chi connectivity index (χ0) is 25.5. The first kappa shape index (κ1) is 26.2. The maximum atomic E-state index is 15.0. The van der Waals surface area contributed by atoms with Gasteiger partial charge in [0.2, 0.25) is 0 Å². The van der Waals surface area contributed by atoms with Gasteiger partial charge in [-0.1, -0.05) is 12.1 Å². The summed E-state index contributed by atoms with van der Waals surface area (Å²) in [4.78, 5) is 14.6. The van der Waals surface area contributed by atoms with Gasteiger partial charge in [0.15, 0.2) is 0 Å². The van der Waals surface area contributed by atoms with Crippen LogP contribution < -0.4 is 15.4 Å². The molecule has 0 radical (unpaired) electrons. The molecule has 0 saturated carbocycles. The maximum Gasteiger partial charge on any atom is 0.387 e. The Labute approximate surface area is 207 Å². The lowest BCUT2D eigenvalue weighted by atomic mass is 9.88. The molecule has 0 bridgehead atoms. The summed E-state index contributed by atoms with van der Waals surface area (Å²) in [6, 6.07) is 11.2. The van der Waals surface area contributed by atoms with E-state index in [9.17, 15) is 22.4 Å². The lowest BCUT2D eigenvalue weighted by Crippen LogP contribution is -2.54. The third kappa shape index (κ3) is 7.57. The number of alkyl halides is 3. The highest BCUT2D eigenvalue weighted by molar-refractivity contribution is 5.89. The molecule has 0 aliphatic carbocycles. The number of likely N-dealkylation sites (tertiary alicyclic amines) is 1. The number of halogens is 4. The second kappa shape index (κ2) is 12.4. The van der Waals surface area contributed by atoms with Crippen molar-refractivity contribution in [2.45, 2.75) is 50.6 Å². The second-order valence-corrected chi connectivity index (χ2v) is 9.31. The SMILES string of the molecule is O=C(Nc1ccc(OC(F)F)cc1)NC1CCCO[C@@H]1CN1CCC(Cc2ccc(F)cc2)C(F)C1. The number of urea groups is 1. The average molecular weight is 510 g/mol. The monoisotopic (exact) mass is 509 g/mol. The van der Waals surface area contributed by atoms with Gasteiger partial charge in [-0.2, -0.15) is 8.78 Å². The van der Waals surface area contributed by atoms with E-state index in [1.807, 2.05) is 4.90 Å². The summed E-state index contributed by atoms with van der Waals surface area (Å²) in [6.07, 6.45) is 1.53. The van der Waals surface area contributed by atoms with Crippen LogP contribution in [0.4, 0.5) is 28.0 Å². The van der Waals surface area contributed by atoms with Crippen LogP contribution in [-0.4, -0.2) is 62.1 Å². The minimum absolute atomic E-state index is 0.00399. The Morgan fingerprint density at radius 3 is 2.56 bits per heavy atom. The fourth-order valence-corrected chi connectivity index (χ4v) is 4.83. The molecule has 10 heteroatoms. The molecule has 2 N–H and O–H groups in total. The lowest BCUT2D eigenvalue weighted by Gasteiger charge is -2.39. The predicted molar refractivity (Wildman–Crippen MR) is 128 cm³/mol. The van der Waals surface area contributed by atoms with E-state index in [1.54, 1.807) is 12.1 Å². The number of rotatable bonds is 8. The van der Waals surface area contributed by atoms with E-state index in [4.69, 9.17) is 4.74 Å². The Hall–Kier alpha value is -2.85. The van der Waals surface area contributed by atoms with E-state index in [2.05, 4.69) is 15.4 Å². The first-order valence-corrected chi connectivity index (χ1v) is 12.2. The van der Waals surface area contributed by atoms with Crippen molar-refractivity contribution in [3.8, 4) is 5.75 Å². The van der Waals surface area contributed by atoms with Crippen molar-refractivity contribution in [2.24, 2.45) is 5.92 Å². The number of hydrogen-bond acceptors (Lipinski definition) is 4. The van der Waals surface area contributed by atoms with Crippen molar-refractivity contribution in [1.29, 1.82) is 0 Å². The summed E-state index contributed by atoms with van der Waals surface area (Å²) < 4.78 is 62.9. The fourth-order valence-electron chi connectivity index (χ4n) is 4.83. The van der Waals surface area contributed by atoms with Crippen molar-refractivity contribution in [3.05, 3.63) is 59.9 Å². The highest BCUT2D eigenvalue weighted by atomic mass is 19.3. The second-order valence-electron chi connectivity index (χ2n) is 9.31. The van der Waals surface area contributed by atoms with Gasteiger partial charge in [0.05, 0.1) is 12.1 Å². The molecule has 3 unspecified atom stereocenters. The van der Waals surface area contributed by atoms with Gasteiger partial charge in [-0.25, -0.2) is 13.6 Å². The Morgan fingerprint density at radius 2 is 1.86 bits per heavy atom. The molecule has 196 valence electrons. The smallest absolute Gasteiger partial charge is 0.387 e. The number of benzene rings is 2. The molecular weight excluding hydrogens is 478 g/mol. The molecule has 2 amide bonds. The number of ether oxygens (including phenoxy) is 2. The third-order valence-corrected chi connectivity index (χ3v) is 6.70. The third-order valence-electron chi connectivity index (χ3n) is 6.70. The first-order chi connectivity index (χ1) is 17.4. The quantitative estimate of drug-likeness (QED) is 0.492. The van der Waals surface area contributed by atoms with Crippen molar-refractivity contribution >= 4 is 11.7 Å². The molecule has 0 spiro atoms. The molecular formula is C26H31F4N3O3. The fraction of sp³-hybridized carbons (Fsp3) is 0.500. The minimum atomic E-state index is -2.91. The molecule has 2 aliphatic heterocycles. The molecule has 4 rings (SSSR count). The zero-order valence-corrected chi connectivity index (χ0v) is 19.8. The van der Waals surface area contributed by atoms with Crippen LogP contribution in [0.1, 0.15) is 24.8 Å². The van der Waals surface area contributed by atoms with Gasteiger partial charge < -0.3 is 20.1 Å². The van der Waals surface area contributed by atoms with Gasteiger partial charge in [0.25, 0.3) is 0 Å². The number of nitrogens with one attached hydrogen (secondary N) is 2. The number of piperidine rings is 1. The minimum Gasteiger partial charge on any atom is -0.435 e. The predicted octanol–water partition coefficient (Wildman–Crippen LogP) is 5.00. The van der Waals surface area contributed by atoms with Gasteiger partial charge in [-0.05, 0) is 80.1 Å². The molecule has 2 fully saturated rings. The van der Waals surface area contributed by atoms with Crippen LogP contribution in [-0.2, 0) is 11.2 Å². The van der Waals surface area contributed by atoms with Gasteiger partial charge in [0, 0.05) is 25.4 Å². The summed E-state index contributed by atoms with van der Waals surface area (Å²) >= 11 is 0. The summed E-state index contributed by atoms with van der Waals surface area (Å²) in [5.41, 5.74) is 1.37. The Balaban J connectivity index is 1.26. The summed E-state index contributed by atoms with van der Waals surface area (Å²) in [5.74, 6) is -0.410. The van der Waals surface area contributed by atoms with Crippen LogP contribution in [0.15, 0.2) is 48.5 Å². The molecule has 36 heavy (non-hydrogen) atoms. The highest BCUT2D eigenvalue weighted by Gasteiger charge is 2.34. The van der Waals surface area contributed by atoms with E-state index < -0.39 is 18.8 Å². The van der Waals surface area contributed by atoms with Crippen molar-refractivity contribution in [2.75, 3.05) is 31.6 Å². The van der Waals surface area contributed by atoms with Gasteiger partial charge in [-0.15, -0.1) is 0 Å². The van der Waals surface area contributed by atoms with E-state index in [1.165, 1.54) is 36.4 Å². The molecule has 0 aromatic heterocycles. The van der Waals surface area contributed by atoms with E-state index in [0.29, 0.717) is 31.7 Å². The molecule has 2 aliphatic rings. The van der Waals surface area contributed by atoms with Crippen LogP contribution in [0.5, 0.6) is 5.75 Å².